The van der Waals surface area contributed by atoms with Gasteiger partial charge in [-0.05, 0) is 37.8 Å². The van der Waals surface area contributed by atoms with Gasteiger partial charge in [-0.2, -0.15) is 9.98 Å². The number of rotatable bonds is 4. The molecule has 0 atom stereocenters. The van der Waals surface area contributed by atoms with E-state index in [1.54, 1.807) is 0 Å². The Hall–Kier alpha value is -2.02. The molecule has 4 nitrogen and oxygen atoms in total. The minimum absolute atomic E-state index is 0.394. The third-order valence-electron chi connectivity index (χ3n) is 4.85. The molecule has 4 heteroatoms. The van der Waals surface area contributed by atoms with E-state index in [2.05, 4.69) is 32.0 Å². The second-order valence-corrected chi connectivity index (χ2v) is 6.75. The first kappa shape index (κ1) is 16.8. The Bertz CT molecular complexity index is 582. The molecule has 0 spiro atoms. The largest absolute Gasteiger partial charge is 0.222 e. The van der Waals surface area contributed by atoms with E-state index in [0.717, 1.165) is 37.1 Å². The maximum Gasteiger partial charge on any atom is 0.101 e. The van der Waals surface area contributed by atoms with Crippen LogP contribution in [0.5, 0.6) is 0 Å². The Morgan fingerprint density at radius 1 is 0.625 bits per heavy atom. The average molecular weight is 322 g/mol. The van der Waals surface area contributed by atoms with Gasteiger partial charge < -0.3 is 0 Å². The fourth-order valence-corrected chi connectivity index (χ4v) is 3.40. The van der Waals surface area contributed by atoms with Crippen LogP contribution in [0.25, 0.3) is 0 Å². The van der Waals surface area contributed by atoms with E-state index >= 15 is 0 Å². The van der Waals surface area contributed by atoms with E-state index in [-0.39, 0.29) is 0 Å². The highest BCUT2D eigenvalue weighted by Gasteiger charge is 2.11. The zero-order chi connectivity index (χ0) is 16.5. The molecule has 3 rings (SSSR count). The van der Waals surface area contributed by atoms with Crippen LogP contribution in [0.3, 0.4) is 0 Å². The molecule has 126 valence electrons. The highest BCUT2D eigenvalue weighted by molar-refractivity contribution is 5.69. The zero-order valence-corrected chi connectivity index (χ0v) is 14.3. The third kappa shape index (κ3) is 5.26. The van der Waals surface area contributed by atoms with Gasteiger partial charge in [0.05, 0.1) is 24.1 Å². The summed E-state index contributed by atoms with van der Waals surface area (Å²) < 4.78 is 0. The molecule has 0 amide bonds. The lowest BCUT2D eigenvalue weighted by Gasteiger charge is -2.15. The van der Waals surface area contributed by atoms with E-state index < -0.39 is 0 Å². The molecule has 0 aliphatic heterocycles. The monoisotopic (exact) mass is 322 g/mol. The lowest BCUT2D eigenvalue weighted by atomic mass is 9.96. The SMILES string of the molecule is C(=Nc1ccccc1N=C=NC1CCCCC1)=NC1CCCCC1. The van der Waals surface area contributed by atoms with E-state index in [9.17, 15) is 0 Å². The molecule has 2 aliphatic carbocycles. The van der Waals surface area contributed by atoms with Crippen LogP contribution in [0.4, 0.5) is 11.4 Å². The number of aliphatic imine (C=N–C) groups is 4. The van der Waals surface area contributed by atoms with E-state index in [1.807, 2.05) is 24.3 Å². The van der Waals surface area contributed by atoms with Gasteiger partial charge in [-0.3, -0.25) is 0 Å². The van der Waals surface area contributed by atoms with E-state index in [4.69, 9.17) is 0 Å². The Morgan fingerprint density at radius 2 is 1.04 bits per heavy atom. The summed E-state index contributed by atoms with van der Waals surface area (Å²) in [7, 11) is 0. The average Bonchev–Trinajstić information content (AvgIpc) is 2.65. The van der Waals surface area contributed by atoms with Crippen LogP contribution < -0.4 is 0 Å². The van der Waals surface area contributed by atoms with Crippen LogP contribution in [0.1, 0.15) is 64.2 Å². The normalized spacial score (nSPS) is 19.0. The van der Waals surface area contributed by atoms with Crippen LogP contribution in [0.2, 0.25) is 0 Å². The molecule has 2 saturated carbocycles. The van der Waals surface area contributed by atoms with Gasteiger partial charge in [0, 0.05) is 0 Å². The first-order valence-corrected chi connectivity index (χ1v) is 9.32. The first-order chi connectivity index (χ1) is 11.9. The summed E-state index contributed by atoms with van der Waals surface area (Å²) in [6, 6.07) is 14.3. The Morgan fingerprint density at radius 3 is 1.46 bits per heavy atom. The predicted molar refractivity (Wildman–Crippen MR) is 99.2 cm³/mol. The van der Waals surface area contributed by atoms with Gasteiger partial charge in [-0.25, -0.2) is 9.98 Å². The van der Waals surface area contributed by atoms with Gasteiger partial charge in [0.15, 0.2) is 0 Å². The summed E-state index contributed by atoms with van der Waals surface area (Å²) in [5, 5.41) is 0. The fraction of sp³-hybridized carbons (Fsp3) is 0.600. The van der Waals surface area contributed by atoms with Crippen LogP contribution in [-0.2, 0) is 0 Å². The van der Waals surface area contributed by atoms with Crippen LogP contribution in [0.15, 0.2) is 44.2 Å². The Kier molecular flexibility index (Phi) is 6.53. The molecule has 24 heavy (non-hydrogen) atoms. The molecule has 1 aromatic rings. The van der Waals surface area contributed by atoms with Gasteiger partial charge in [-0.15, -0.1) is 0 Å². The van der Waals surface area contributed by atoms with E-state index in [0.29, 0.717) is 12.1 Å². The maximum atomic E-state index is 4.47. The summed E-state index contributed by atoms with van der Waals surface area (Å²) >= 11 is 0. The standard InChI is InChI=1S/C20H26N4/c1-3-9-17(10-4-1)21-15-23-19-13-7-8-14-20(19)24-16-22-18-11-5-2-6-12-18/h7-8,13-14,17-18H,1-6,9-12H2. The van der Waals surface area contributed by atoms with Crippen molar-refractivity contribution in [3.8, 4) is 0 Å². The Labute approximate surface area is 144 Å². The maximum absolute atomic E-state index is 4.47. The minimum atomic E-state index is 0.394. The summed E-state index contributed by atoms with van der Waals surface area (Å²) in [5.41, 5.74) is 1.56. The van der Waals surface area contributed by atoms with Gasteiger partial charge in [0.2, 0.25) is 0 Å². The third-order valence-corrected chi connectivity index (χ3v) is 4.85. The highest BCUT2D eigenvalue weighted by atomic mass is 14.9. The molecule has 2 aliphatic rings. The number of benzene rings is 1. The van der Waals surface area contributed by atoms with Crippen LogP contribution in [0, 0.1) is 0 Å². The van der Waals surface area contributed by atoms with Crippen molar-refractivity contribution >= 4 is 23.4 Å². The van der Waals surface area contributed by atoms with Gasteiger partial charge in [-0.1, -0.05) is 50.7 Å². The molecule has 1 aromatic carbocycles. The smallest absolute Gasteiger partial charge is 0.101 e. The topological polar surface area (TPSA) is 49.4 Å². The summed E-state index contributed by atoms with van der Waals surface area (Å²) in [6.07, 6.45) is 12.4. The van der Waals surface area contributed by atoms with Crippen molar-refractivity contribution in [3.63, 3.8) is 0 Å². The molecule has 0 radical (unpaired) electrons. The van der Waals surface area contributed by atoms with Crippen molar-refractivity contribution in [1.29, 1.82) is 0 Å². The first-order valence-electron chi connectivity index (χ1n) is 9.32. The minimum Gasteiger partial charge on any atom is -0.222 e. The second kappa shape index (κ2) is 9.32. The second-order valence-electron chi connectivity index (χ2n) is 6.75. The summed E-state index contributed by atoms with van der Waals surface area (Å²) in [6.45, 7) is 0. The number of hydrogen-bond donors (Lipinski definition) is 0. The molecule has 0 heterocycles. The lowest BCUT2D eigenvalue weighted by molar-refractivity contribution is 0.444. The quantitative estimate of drug-likeness (QED) is 0.614. The van der Waals surface area contributed by atoms with Crippen LogP contribution >= 0.6 is 0 Å². The van der Waals surface area contributed by atoms with E-state index in [1.165, 1.54) is 38.5 Å². The summed E-state index contributed by atoms with van der Waals surface area (Å²) in [5.74, 6) is 0. The molecule has 0 N–H and O–H groups in total. The molecule has 2 fully saturated rings. The predicted octanol–water partition coefficient (Wildman–Crippen LogP) is 5.96. The molecule has 0 aromatic heterocycles. The van der Waals surface area contributed by atoms with Gasteiger partial charge in [0.25, 0.3) is 0 Å². The van der Waals surface area contributed by atoms with Crippen molar-refractivity contribution in [3.05, 3.63) is 24.3 Å². The Balaban J connectivity index is 1.68. The zero-order valence-electron chi connectivity index (χ0n) is 14.3. The van der Waals surface area contributed by atoms with Crippen molar-refractivity contribution in [2.75, 3.05) is 0 Å². The molecule has 0 bridgehead atoms. The number of nitrogens with zero attached hydrogens (tertiary/aromatic N) is 4. The lowest BCUT2D eigenvalue weighted by Crippen LogP contribution is -2.08. The van der Waals surface area contributed by atoms with Crippen LogP contribution in [-0.4, -0.2) is 24.1 Å². The summed E-state index contributed by atoms with van der Waals surface area (Å²) in [4.78, 5) is 17.7. The van der Waals surface area contributed by atoms with Crippen molar-refractivity contribution in [2.45, 2.75) is 76.3 Å². The van der Waals surface area contributed by atoms with Crippen molar-refractivity contribution < 1.29 is 0 Å². The highest BCUT2D eigenvalue weighted by Crippen LogP contribution is 2.26. The number of hydrogen-bond acceptors (Lipinski definition) is 4. The molecular weight excluding hydrogens is 296 g/mol. The van der Waals surface area contributed by atoms with Gasteiger partial charge >= 0.3 is 0 Å². The number of para-hydroxylation sites is 2. The van der Waals surface area contributed by atoms with Crippen molar-refractivity contribution in [1.82, 2.24) is 0 Å². The molecule has 0 saturated heterocycles. The molecular formula is C20H26N4. The molecule has 0 unspecified atom stereocenters. The van der Waals surface area contributed by atoms with Crippen molar-refractivity contribution in [2.24, 2.45) is 20.0 Å². The fourth-order valence-electron chi connectivity index (χ4n) is 3.40. The van der Waals surface area contributed by atoms with Gasteiger partial charge in [0.1, 0.15) is 11.4 Å².